The van der Waals surface area contributed by atoms with E-state index in [1.807, 2.05) is 0 Å². The van der Waals surface area contributed by atoms with E-state index < -0.39 is 17.5 Å². The summed E-state index contributed by atoms with van der Waals surface area (Å²) in [7, 11) is 2.68. The normalized spacial score (nSPS) is 11.6. The summed E-state index contributed by atoms with van der Waals surface area (Å²) in [6.07, 6.45) is 2.98. The molecule has 174 valence electrons. The lowest BCUT2D eigenvalue weighted by atomic mass is 10.0. The van der Waals surface area contributed by atoms with E-state index in [0.717, 1.165) is 4.68 Å². The van der Waals surface area contributed by atoms with Crippen LogP contribution in [-0.2, 0) is 0 Å². The molecule has 4 aromatic rings. The predicted octanol–water partition coefficient (Wildman–Crippen LogP) is 1.99. The fourth-order valence-corrected chi connectivity index (χ4v) is 3.29. The summed E-state index contributed by atoms with van der Waals surface area (Å²) >= 11 is 0. The van der Waals surface area contributed by atoms with Crippen LogP contribution in [-0.4, -0.2) is 44.8 Å². The van der Waals surface area contributed by atoms with Crippen molar-refractivity contribution in [1.29, 1.82) is 5.41 Å². The molecule has 1 unspecified atom stereocenters. The van der Waals surface area contributed by atoms with Crippen molar-refractivity contribution in [3.8, 4) is 17.4 Å². The maximum atomic E-state index is 14.6. The molecule has 34 heavy (non-hydrogen) atoms. The zero-order valence-corrected chi connectivity index (χ0v) is 18.2. The van der Waals surface area contributed by atoms with Crippen LogP contribution in [0.25, 0.3) is 5.95 Å². The van der Waals surface area contributed by atoms with Crippen LogP contribution in [0.5, 0.6) is 11.5 Å². The molecule has 4 rings (SSSR count). The smallest absolute Gasteiger partial charge is 0.350 e. The molecule has 0 radical (unpaired) electrons. The van der Waals surface area contributed by atoms with E-state index in [1.54, 1.807) is 30.3 Å². The third kappa shape index (κ3) is 4.41. The van der Waals surface area contributed by atoms with Crippen LogP contribution in [0.1, 0.15) is 23.0 Å². The molecular weight excluding hydrogens is 443 g/mol. The lowest BCUT2D eigenvalue weighted by molar-refractivity contribution is 0.349. The monoisotopic (exact) mass is 464 g/mol. The Balaban J connectivity index is 1.82. The van der Waals surface area contributed by atoms with Gasteiger partial charge in [0.25, 0.3) is 5.95 Å². The van der Waals surface area contributed by atoms with Gasteiger partial charge in [0.05, 0.1) is 14.2 Å². The minimum Gasteiger partial charge on any atom is -0.494 e. The summed E-state index contributed by atoms with van der Waals surface area (Å²) in [6, 6.07) is 10.6. The molecule has 0 saturated heterocycles. The highest BCUT2D eigenvalue weighted by Crippen LogP contribution is 2.34. The van der Waals surface area contributed by atoms with Gasteiger partial charge >= 0.3 is 5.69 Å². The first-order chi connectivity index (χ1) is 16.4. The third-order valence-electron chi connectivity index (χ3n) is 4.96. The highest BCUT2D eigenvalue weighted by Gasteiger charge is 2.24. The minimum atomic E-state index is -0.760. The summed E-state index contributed by atoms with van der Waals surface area (Å²) < 4.78 is 25.9. The first-order valence-electron chi connectivity index (χ1n) is 10.00. The summed E-state index contributed by atoms with van der Waals surface area (Å²) in [5, 5.41) is 15.2. The molecule has 0 saturated carbocycles. The zero-order chi connectivity index (χ0) is 24.2. The van der Waals surface area contributed by atoms with Crippen LogP contribution >= 0.6 is 0 Å². The SMILES string of the molecule is COc1cc(C(Nc2ccc(C(=N)N)cc2)c2nn(-c3ncccn3)c(=O)[nH]2)cc(OC)c1F. The van der Waals surface area contributed by atoms with Crippen molar-refractivity contribution in [2.24, 2.45) is 5.73 Å². The van der Waals surface area contributed by atoms with Crippen molar-refractivity contribution >= 4 is 11.5 Å². The topological polar surface area (TPSA) is 157 Å². The Labute approximate surface area is 192 Å². The lowest BCUT2D eigenvalue weighted by Gasteiger charge is -2.20. The number of methoxy groups -OCH3 is 2. The Bertz CT molecular complexity index is 1340. The number of hydrogen-bond acceptors (Lipinski definition) is 8. The average molecular weight is 464 g/mol. The van der Waals surface area contributed by atoms with Crippen molar-refractivity contribution < 1.29 is 13.9 Å². The molecule has 1 atom stereocenters. The van der Waals surface area contributed by atoms with Gasteiger partial charge in [0, 0.05) is 23.6 Å². The highest BCUT2D eigenvalue weighted by molar-refractivity contribution is 5.95. The third-order valence-corrected chi connectivity index (χ3v) is 4.96. The van der Waals surface area contributed by atoms with Gasteiger partial charge in [0.2, 0.25) is 5.82 Å². The van der Waals surface area contributed by atoms with Gasteiger partial charge in [-0.2, -0.15) is 4.39 Å². The molecule has 2 aromatic heterocycles. The van der Waals surface area contributed by atoms with Gasteiger partial charge in [0.15, 0.2) is 17.3 Å². The number of H-pyrrole nitrogens is 1. The van der Waals surface area contributed by atoms with Crippen LogP contribution in [0, 0.1) is 11.2 Å². The molecule has 0 amide bonds. The number of halogens is 1. The fraction of sp³-hybridized carbons (Fsp3) is 0.136. The molecule has 2 heterocycles. The first kappa shape index (κ1) is 22.5. The molecule has 0 aliphatic heterocycles. The summed E-state index contributed by atoms with van der Waals surface area (Å²) in [6.45, 7) is 0. The molecule has 2 aromatic carbocycles. The highest BCUT2D eigenvalue weighted by atomic mass is 19.1. The second-order valence-electron chi connectivity index (χ2n) is 7.08. The second-order valence-corrected chi connectivity index (χ2v) is 7.08. The van der Waals surface area contributed by atoms with E-state index >= 15 is 0 Å². The number of benzene rings is 2. The molecule has 0 spiro atoms. The minimum absolute atomic E-state index is 0.0405. The van der Waals surface area contributed by atoms with E-state index in [4.69, 9.17) is 20.6 Å². The fourth-order valence-electron chi connectivity index (χ4n) is 3.29. The van der Waals surface area contributed by atoms with Gasteiger partial charge in [-0.3, -0.25) is 10.4 Å². The van der Waals surface area contributed by atoms with Gasteiger partial charge in [-0.25, -0.2) is 14.8 Å². The number of aromatic nitrogens is 5. The number of hydrogen-bond donors (Lipinski definition) is 4. The van der Waals surface area contributed by atoms with Crippen molar-refractivity contribution in [3.63, 3.8) is 0 Å². The number of rotatable bonds is 8. The standard InChI is InChI=1S/C22H21FN8O3/c1-33-15-10-13(11-16(34-2)17(15)23)18(28-14-6-4-12(5-7-14)19(24)25)20-29-22(32)31(30-20)21-26-8-3-9-27-21/h3-11,18,28H,1-2H3,(H3,24,25)(H,29,30,32). The van der Waals surface area contributed by atoms with Crippen LogP contribution in [0.15, 0.2) is 59.7 Å². The van der Waals surface area contributed by atoms with Gasteiger partial charge in [-0.15, -0.1) is 9.78 Å². The maximum absolute atomic E-state index is 14.6. The quantitative estimate of drug-likeness (QED) is 0.228. The Kier molecular flexibility index (Phi) is 6.21. The van der Waals surface area contributed by atoms with Crippen LogP contribution in [0.3, 0.4) is 0 Å². The number of anilines is 1. The number of nitrogens with one attached hydrogen (secondary N) is 3. The molecule has 12 heteroatoms. The van der Waals surface area contributed by atoms with Gasteiger partial charge in [-0.1, -0.05) is 0 Å². The van der Waals surface area contributed by atoms with Crippen LogP contribution < -0.4 is 26.2 Å². The van der Waals surface area contributed by atoms with Crippen molar-refractivity contribution in [1.82, 2.24) is 24.7 Å². The summed E-state index contributed by atoms with van der Waals surface area (Å²) in [4.78, 5) is 23.5. The average Bonchev–Trinajstić information content (AvgIpc) is 3.24. The van der Waals surface area contributed by atoms with E-state index in [2.05, 4.69) is 25.4 Å². The Hall–Kier alpha value is -4.74. The Morgan fingerprint density at radius 2 is 1.76 bits per heavy atom. The summed E-state index contributed by atoms with van der Waals surface area (Å²) in [5.41, 5.74) is 6.66. The number of nitrogens with zero attached hydrogens (tertiary/aromatic N) is 4. The molecule has 0 aliphatic carbocycles. The van der Waals surface area contributed by atoms with Crippen molar-refractivity contribution in [2.75, 3.05) is 19.5 Å². The maximum Gasteiger partial charge on any atom is 0.350 e. The van der Waals surface area contributed by atoms with Crippen molar-refractivity contribution in [3.05, 3.63) is 88.1 Å². The number of nitrogen functional groups attached to an aromatic ring is 1. The van der Waals surface area contributed by atoms with Gasteiger partial charge < -0.3 is 20.5 Å². The number of ether oxygens (including phenoxy) is 2. The van der Waals surface area contributed by atoms with E-state index in [1.165, 1.54) is 38.7 Å². The number of nitrogens with two attached hydrogens (primary N) is 1. The predicted molar refractivity (Wildman–Crippen MR) is 122 cm³/mol. The molecular formula is C22H21FN8O3. The van der Waals surface area contributed by atoms with Crippen LogP contribution in [0.4, 0.5) is 10.1 Å². The molecule has 0 fully saturated rings. The lowest BCUT2D eigenvalue weighted by Crippen LogP contribution is -2.18. The van der Waals surface area contributed by atoms with E-state index in [0.29, 0.717) is 16.8 Å². The van der Waals surface area contributed by atoms with E-state index in [9.17, 15) is 9.18 Å². The Morgan fingerprint density at radius 3 is 2.32 bits per heavy atom. The second kappa shape index (κ2) is 9.40. The first-order valence-corrected chi connectivity index (χ1v) is 10.00. The van der Waals surface area contributed by atoms with Crippen molar-refractivity contribution in [2.45, 2.75) is 6.04 Å². The van der Waals surface area contributed by atoms with E-state index in [-0.39, 0.29) is 29.1 Å². The molecule has 0 aliphatic rings. The van der Waals surface area contributed by atoms with Gasteiger partial charge in [-0.05, 0) is 48.0 Å². The Morgan fingerprint density at radius 1 is 1.15 bits per heavy atom. The molecule has 11 nitrogen and oxygen atoms in total. The zero-order valence-electron chi connectivity index (χ0n) is 18.2. The largest absolute Gasteiger partial charge is 0.494 e. The van der Waals surface area contributed by atoms with Gasteiger partial charge in [0.1, 0.15) is 11.9 Å². The molecule has 0 bridgehead atoms. The van der Waals surface area contributed by atoms with Crippen LogP contribution in [0.2, 0.25) is 0 Å². The number of aromatic amines is 1. The summed E-state index contributed by atoms with van der Waals surface area (Å²) in [5.74, 6) is -0.503. The number of amidine groups is 1. The molecule has 5 N–H and O–H groups in total.